The van der Waals surface area contributed by atoms with Crippen molar-refractivity contribution in [2.45, 2.75) is 50.7 Å². The van der Waals surface area contributed by atoms with Crippen molar-refractivity contribution in [1.82, 2.24) is 4.90 Å². The Hall–Kier alpha value is 0.270. The molecule has 0 aliphatic carbocycles. The van der Waals surface area contributed by atoms with Crippen molar-refractivity contribution in [1.29, 1.82) is 0 Å². The minimum atomic E-state index is 0.356. The van der Waals surface area contributed by atoms with Crippen molar-refractivity contribution in [2.75, 3.05) is 32.0 Å². The highest BCUT2D eigenvalue weighted by molar-refractivity contribution is 8.00. The Morgan fingerprint density at radius 2 is 1.88 bits per heavy atom. The molecule has 16 heavy (non-hydrogen) atoms. The van der Waals surface area contributed by atoms with E-state index in [1.165, 1.54) is 51.1 Å². The van der Waals surface area contributed by atoms with Gasteiger partial charge in [-0.15, -0.1) is 0 Å². The van der Waals surface area contributed by atoms with Gasteiger partial charge in [-0.05, 0) is 32.4 Å². The second-order valence-electron chi connectivity index (χ2n) is 5.34. The molecular formula is C13H27NOS. The van der Waals surface area contributed by atoms with E-state index in [9.17, 15) is 0 Å². The summed E-state index contributed by atoms with van der Waals surface area (Å²) in [6.07, 6.45) is 6.04. The number of thioether (sulfide) groups is 1. The van der Waals surface area contributed by atoms with Gasteiger partial charge in [0.15, 0.2) is 0 Å². The first-order chi connectivity index (χ1) is 7.64. The van der Waals surface area contributed by atoms with E-state index in [4.69, 9.17) is 5.11 Å². The van der Waals surface area contributed by atoms with Crippen molar-refractivity contribution < 1.29 is 5.11 Å². The van der Waals surface area contributed by atoms with Gasteiger partial charge >= 0.3 is 0 Å². The molecule has 1 rings (SSSR count). The van der Waals surface area contributed by atoms with Crippen LogP contribution in [0.15, 0.2) is 0 Å². The maximum absolute atomic E-state index is 8.70. The smallest absolute Gasteiger partial charge is 0.0431 e. The van der Waals surface area contributed by atoms with Crippen LogP contribution in [0.5, 0.6) is 0 Å². The zero-order valence-corrected chi connectivity index (χ0v) is 11.7. The van der Waals surface area contributed by atoms with Crippen LogP contribution in [0.3, 0.4) is 0 Å². The fourth-order valence-electron chi connectivity index (χ4n) is 2.09. The molecule has 1 aliphatic rings. The highest BCUT2D eigenvalue weighted by Gasteiger charge is 2.23. The van der Waals surface area contributed by atoms with Crippen LogP contribution in [0.2, 0.25) is 0 Å². The van der Waals surface area contributed by atoms with Crippen LogP contribution in [0.25, 0.3) is 0 Å². The molecule has 0 aromatic heterocycles. The van der Waals surface area contributed by atoms with Gasteiger partial charge < -0.3 is 10.0 Å². The second-order valence-corrected chi connectivity index (χ2v) is 7.14. The summed E-state index contributed by atoms with van der Waals surface area (Å²) in [4.78, 5) is 2.61. The van der Waals surface area contributed by atoms with Gasteiger partial charge in [0.1, 0.15) is 0 Å². The standard InChI is InChI=1S/C13H27NOS/c1-13(2)7-9-14(10-12-16-13)8-5-3-4-6-11-15/h15H,3-12H2,1-2H3. The number of nitrogens with zero attached hydrogens (tertiary/aromatic N) is 1. The van der Waals surface area contributed by atoms with Gasteiger partial charge in [-0.25, -0.2) is 0 Å². The molecule has 0 aromatic carbocycles. The van der Waals surface area contributed by atoms with E-state index >= 15 is 0 Å². The first kappa shape index (κ1) is 14.3. The molecule has 1 saturated heterocycles. The fourth-order valence-corrected chi connectivity index (χ4v) is 3.22. The number of aliphatic hydroxyl groups excluding tert-OH is 1. The molecule has 1 heterocycles. The first-order valence-electron chi connectivity index (χ1n) is 6.61. The van der Waals surface area contributed by atoms with Crippen molar-refractivity contribution in [3.8, 4) is 0 Å². The lowest BCUT2D eigenvalue weighted by Gasteiger charge is -2.22. The molecule has 0 saturated carbocycles. The van der Waals surface area contributed by atoms with Crippen molar-refractivity contribution in [2.24, 2.45) is 0 Å². The van der Waals surface area contributed by atoms with Crippen LogP contribution in [0.1, 0.15) is 46.0 Å². The van der Waals surface area contributed by atoms with E-state index in [0.717, 1.165) is 6.42 Å². The van der Waals surface area contributed by atoms with Crippen LogP contribution < -0.4 is 0 Å². The van der Waals surface area contributed by atoms with E-state index in [-0.39, 0.29) is 0 Å². The number of rotatable bonds is 6. The van der Waals surface area contributed by atoms with Gasteiger partial charge in [0, 0.05) is 23.7 Å². The highest BCUT2D eigenvalue weighted by Crippen LogP contribution is 2.30. The Morgan fingerprint density at radius 1 is 1.12 bits per heavy atom. The summed E-state index contributed by atoms with van der Waals surface area (Å²) >= 11 is 2.12. The minimum Gasteiger partial charge on any atom is -0.396 e. The van der Waals surface area contributed by atoms with Crippen LogP contribution in [-0.4, -0.2) is 46.7 Å². The zero-order valence-electron chi connectivity index (χ0n) is 10.9. The minimum absolute atomic E-state index is 0.356. The van der Waals surface area contributed by atoms with E-state index in [1.807, 2.05) is 0 Å². The van der Waals surface area contributed by atoms with E-state index in [2.05, 4.69) is 30.5 Å². The molecule has 3 heteroatoms. The maximum Gasteiger partial charge on any atom is 0.0431 e. The molecule has 0 radical (unpaired) electrons. The Bertz CT molecular complexity index is 185. The third-order valence-corrected chi connectivity index (χ3v) is 4.69. The normalized spacial score (nSPS) is 21.9. The van der Waals surface area contributed by atoms with E-state index in [0.29, 0.717) is 11.4 Å². The third kappa shape index (κ3) is 6.12. The lowest BCUT2D eigenvalue weighted by Crippen LogP contribution is -2.28. The molecule has 0 spiro atoms. The molecule has 1 fully saturated rings. The van der Waals surface area contributed by atoms with Gasteiger partial charge in [-0.2, -0.15) is 11.8 Å². The summed E-state index contributed by atoms with van der Waals surface area (Å²) in [6.45, 7) is 8.86. The first-order valence-corrected chi connectivity index (χ1v) is 7.60. The Kier molecular flexibility index (Phi) is 6.78. The molecule has 1 aliphatic heterocycles. The summed E-state index contributed by atoms with van der Waals surface area (Å²) in [5.41, 5.74) is 0. The number of hydrogen-bond acceptors (Lipinski definition) is 3. The largest absolute Gasteiger partial charge is 0.396 e. The Balaban J connectivity index is 2.08. The summed E-state index contributed by atoms with van der Waals surface area (Å²) in [6, 6.07) is 0. The van der Waals surface area contributed by atoms with Gasteiger partial charge in [-0.3, -0.25) is 0 Å². The molecule has 1 N–H and O–H groups in total. The lowest BCUT2D eigenvalue weighted by atomic mass is 10.1. The van der Waals surface area contributed by atoms with Crippen LogP contribution in [0.4, 0.5) is 0 Å². The van der Waals surface area contributed by atoms with Crippen molar-refractivity contribution in [3.05, 3.63) is 0 Å². The predicted molar refractivity (Wildman–Crippen MR) is 73.1 cm³/mol. The Labute approximate surface area is 105 Å². The zero-order chi connectivity index (χ0) is 11.9. The predicted octanol–water partition coefficient (Wildman–Crippen LogP) is 2.76. The van der Waals surface area contributed by atoms with E-state index < -0.39 is 0 Å². The molecule has 96 valence electrons. The van der Waals surface area contributed by atoms with Gasteiger partial charge in [0.25, 0.3) is 0 Å². The highest BCUT2D eigenvalue weighted by atomic mass is 32.2. The summed E-state index contributed by atoms with van der Waals surface area (Å²) in [7, 11) is 0. The fraction of sp³-hybridized carbons (Fsp3) is 1.00. The maximum atomic E-state index is 8.70. The summed E-state index contributed by atoms with van der Waals surface area (Å²) < 4.78 is 0.478. The molecule has 2 nitrogen and oxygen atoms in total. The summed E-state index contributed by atoms with van der Waals surface area (Å²) in [5, 5.41) is 8.70. The Morgan fingerprint density at radius 3 is 2.62 bits per heavy atom. The molecule has 0 aromatic rings. The van der Waals surface area contributed by atoms with Gasteiger partial charge in [0.05, 0.1) is 0 Å². The van der Waals surface area contributed by atoms with E-state index in [1.54, 1.807) is 0 Å². The van der Waals surface area contributed by atoms with Crippen LogP contribution in [-0.2, 0) is 0 Å². The quantitative estimate of drug-likeness (QED) is 0.728. The van der Waals surface area contributed by atoms with Crippen molar-refractivity contribution in [3.63, 3.8) is 0 Å². The molecular weight excluding hydrogens is 218 g/mol. The second kappa shape index (κ2) is 7.57. The summed E-state index contributed by atoms with van der Waals surface area (Å²) in [5.74, 6) is 1.28. The average molecular weight is 245 g/mol. The molecule has 0 atom stereocenters. The number of aliphatic hydroxyl groups is 1. The SMILES string of the molecule is CC1(C)CCN(CCCCCCO)CCS1. The van der Waals surface area contributed by atoms with Crippen LogP contribution >= 0.6 is 11.8 Å². The number of hydrogen-bond donors (Lipinski definition) is 1. The molecule has 0 amide bonds. The van der Waals surface area contributed by atoms with Gasteiger partial charge in [0.2, 0.25) is 0 Å². The average Bonchev–Trinajstić information content (AvgIpc) is 2.40. The van der Waals surface area contributed by atoms with Gasteiger partial charge in [-0.1, -0.05) is 26.7 Å². The lowest BCUT2D eigenvalue weighted by molar-refractivity contribution is 0.265. The van der Waals surface area contributed by atoms with Crippen molar-refractivity contribution >= 4 is 11.8 Å². The van der Waals surface area contributed by atoms with Crippen LogP contribution in [0, 0.1) is 0 Å². The third-order valence-electron chi connectivity index (χ3n) is 3.31. The number of unbranched alkanes of at least 4 members (excludes halogenated alkanes) is 3. The molecule has 0 bridgehead atoms. The monoisotopic (exact) mass is 245 g/mol. The molecule has 0 unspecified atom stereocenters. The topological polar surface area (TPSA) is 23.5 Å².